The topological polar surface area (TPSA) is 87.9 Å². The Hall–Kier alpha value is -1.14. The van der Waals surface area contributed by atoms with E-state index in [0.717, 1.165) is 0 Å². The van der Waals surface area contributed by atoms with Crippen LogP contribution in [0.15, 0.2) is 0 Å². The standard InChI is InChI=1S/C13H25NO5/c1-12(2,3)18-10(15)8-17-7-9(14)11(16)19-13(4,5)6/h9H,7-8,14H2,1-6H3. The molecule has 0 saturated heterocycles. The van der Waals surface area contributed by atoms with Crippen LogP contribution in [0.1, 0.15) is 41.5 Å². The minimum atomic E-state index is -0.915. The van der Waals surface area contributed by atoms with Crippen molar-refractivity contribution in [2.24, 2.45) is 5.73 Å². The van der Waals surface area contributed by atoms with E-state index in [9.17, 15) is 9.59 Å². The van der Waals surface area contributed by atoms with Crippen molar-refractivity contribution >= 4 is 11.9 Å². The maximum atomic E-state index is 11.5. The highest BCUT2D eigenvalue weighted by molar-refractivity contribution is 5.76. The SMILES string of the molecule is CC(C)(C)OC(=O)COCC(N)C(=O)OC(C)(C)C. The number of hydrogen-bond donors (Lipinski definition) is 1. The van der Waals surface area contributed by atoms with Gasteiger partial charge in [0.05, 0.1) is 6.61 Å². The van der Waals surface area contributed by atoms with Crippen LogP contribution in [0.5, 0.6) is 0 Å². The highest BCUT2D eigenvalue weighted by atomic mass is 16.6. The van der Waals surface area contributed by atoms with E-state index in [1.165, 1.54) is 0 Å². The van der Waals surface area contributed by atoms with Crippen LogP contribution in [0.2, 0.25) is 0 Å². The lowest BCUT2D eigenvalue weighted by atomic mass is 10.2. The van der Waals surface area contributed by atoms with Gasteiger partial charge in [0, 0.05) is 0 Å². The predicted molar refractivity (Wildman–Crippen MR) is 70.5 cm³/mol. The molecule has 0 fully saturated rings. The number of carbonyl (C=O) groups excluding carboxylic acids is 2. The molecule has 0 amide bonds. The van der Waals surface area contributed by atoms with Crippen LogP contribution in [0.3, 0.4) is 0 Å². The van der Waals surface area contributed by atoms with E-state index < -0.39 is 29.2 Å². The molecule has 1 unspecified atom stereocenters. The monoisotopic (exact) mass is 275 g/mol. The molecule has 0 bridgehead atoms. The molecule has 0 aromatic rings. The van der Waals surface area contributed by atoms with Crippen LogP contribution in [0.25, 0.3) is 0 Å². The summed E-state index contributed by atoms with van der Waals surface area (Å²) in [5.41, 5.74) is 4.43. The number of ether oxygens (including phenoxy) is 3. The van der Waals surface area contributed by atoms with E-state index >= 15 is 0 Å². The van der Waals surface area contributed by atoms with E-state index in [-0.39, 0.29) is 13.2 Å². The largest absolute Gasteiger partial charge is 0.459 e. The van der Waals surface area contributed by atoms with Gasteiger partial charge in [-0.15, -0.1) is 0 Å². The van der Waals surface area contributed by atoms with Gasteiger partial charge in [0.1, 0.15) is 23.9 Å². The lowest BCUT2D eigenvalue weighted by Crippen LogP contribution is -2.41. The van der Waals surface area contributed by atoms with Gasteiger partial charge < -0.3 is 19.9 Å². The van der Waals surface area contributed by atoms with Crippen LogP contribution in [0.4, 0.5) is 0 Å². The average molecular weight is 275 g/mol. The molecule has 0 aromatic heterocycles. The van der Waals surface area contributed by atoms with Crippen molar-refractivity contribution in [2.45, 2.75) is 58.8 Å². The summed E-state index contributed by atoms with van der Waals surface area (Å²) >= 11 is 0. The third-order valence-electron chi connectivity index (χ3n) is 1.65. The number of rotatable bonds is 5. The van der Waals surface area contributed by atoms with Crippen molar-refractivity contribution < 1.29 is 23.8 Å². The van der Waals surface area contributed by atoms with Crippen molar-refractivity contribution in [1.29, 1.82) is 0 Å². The summed E-state index contributed by atoms with van der Waals surface area (Å²) in [4.78, 5) is 22.9. The first-order valence-electron chi connectivity index (χ1n) is 6.19. The van der Waals surface area contributed by atoms with Gasteiger partial charge >= 0.3 is 11.9 Å². The van der Waals surface area contributed by atoms with Crippen molar-refractivity contribution in [3.05, 3.63) is 0 Å². The molecule has 0 aromatic carbocycles. The smallest absolute Gasteiger partial charge is 0.332 e. The second-order valence-electron chi connectivity index (χ2n) is 6.24. The quantitative estimate of drug-likeness (QED) is 0.753. The van der Waals surface area contributed by atoms with Gasteiger partial charge in [0.25, 0.3) is 0 Å². The zero-order chi connectivity index (χ0) is 15.3. The van der Waals surface area contributed by atoms with Crippen LogP contribution >= 0.6 is 0 Å². The van der Waals surface area contributed by atoms with Crippen molar-refractivity contribution in [3.63, 3.8) is 0 Å². The summed E-state index contributed by atoms with van der Waals surface area (Å²) in [5.74, 6) is -1.06. The second-order valence-corrected chi connectivity index (χ2v) is 6.24. The predicted octanol–water partition coefficient (Wildman–Crippen LogP) is 1.01. The summed E-state index contributed by atoms with van der Waals surface area (Å²) in [5, 5.41) is 0. The molecule has 6 nitrogen and oxygen atoms in total. The highest BCUT2D eigenvalue weighted by Gasteiger charge is 2.23. The number of hydrogen-bond acceptors (Lipinski definition) is 6. The minimum Gasteiger partial charge on any atom is -0.459 e. The number of nitrogens with two attached hydrogens (primary N) is 1. The molecule has 0 aliphatic carbocycles. The second kappa shape index (κ2) is 6.86. The van der Waals surface area contributed by atoms with E-state index in [4.69, 9.17) is 19.9 Å². The lowest BCUT2D eigenvalue weighted by Gasteiger charge is -2.22. The molecule has 0 heterocycles. The molecule has 0 spiro atoms. The molecule has 0 radical (unpaired) electrons. The molecule has 0 rings (SSSR count). The zero-order valence-electron chi connectivity index (χ0n) is 12.6. The third-order valence-corrected chi connectivity index (χ3v) is 1.65. The summed E-state index contributed by atoms with van der Waals surface area (Å²) in [6.07, 6.45) is 0. The minimum absolute atomic E-state index is 0.0891. The first-order chi connectivity index (χ1) is 8.41. The Balaban J connectivity index is 3.95. The molecular weight excluding hydrogens is 250 g/mol. The molecule has 19 heavy (non-hydrogen) atoms. The zero-order valence-corrected chi connectivity index (χ0v) is 12.6. The molecule has 1 atom stereocenters. The van der Waals surface area contributed by atoms with Gasteiger partial charge in [0.2, 0.25) is 0 Å². The number of esters is 2. The molecule has 0 saturated carbocycles. The van der Waals surface area contributed by atoms with Crippen LogP contribution in [0, 0.1) is 0 Å². The van der Waals surface area contributed by atoms with Gasteiger partial charge in [-0.3, -0.25) is 4.79 Å². The average Bonchev–Trinajstić information content (AvgIpc) is 2.11. The first-order valence-corrected chi connectivity index (χ1v) is 6.19. The summed E-state index contributed by atoms with van der Waals surface area (Å²) < 4.78 is 15.2. The summed E-state index contributed by atoms with van der Waals surface area (Å²) in [6.45, 7) is 10.2. The molecule has 112 valence electrons. The fraction of sp³-hybridized carbons (Fsp3) is 0.846. The summed E-state index contributed by atoms with van der Waals surface area (Å²) in [6, 6.07) is -0.915. The van der Waals surface area contributed by atoms with Crippen LogP contribution < -0.4 is 5.73 Å². The highest BCUT2D eigenvalue weighted by Crippen LogP contribution is 2.08. The van der Waals surface area contributed by atoms with Gasteiger partial charge in [-0.1, -0.05) is 0 Å². The van der Waals surface area contributed by atoms with E-state index in [1.807, 2.05) is 0 Å². The van der Waals surface area contributed by atoms with Crippen molar-refractivity contribution in [2.75, 3.05) is 13.2 Å². The van der Waals surface area contributed by atoms with Gasteiger partial charge in [-0.05, 0) is 41.5 Å². The van der Waals surface area contributed by atoms with Crippen molar-refractivity contribution in [1.82, 2.24) is 0 Å². The molecular formula is C13H25NO5. The molecule has 0 aliphatic rings. The van der Waals surface area contributed by atoms with E-state index in [1.54, 1.807) is 41.5 Å². The molecule has 0 aliphatic heterocycles. The van der Waals surface area contributed by atoms with Gasteiger partial charge in [0.15, 0.2) is 0 Å². The van der Waals surface area contributed by atoms with Crippen LogP contribution in [-0.4, -0.2) is 42.4 Å². The van der Waals surface area contributed by atoms with E-state index in [0.29, 0.717) is 0 Å². The van der Waals surface area contributed by atoms with E-state index in [2.05, 4.69) is 0 Å². The number of carbonyl (C=O) groups is 2. The fourth-order valence-electron chi connectivity index (χ4n) is 1.09. The lowest BCUT2D eigenvalue weighted by molar-refractivity contribution is -0.164. The normalized spacial score (nSPS) is 13.8. The Morgan fingerprint density at radius 1 is 1.00 bits per heavy atom. The first kappa shape index (κ1) is 17.9. The van der Waals surface area contributed by atoms with Crippen LogP contribution in [-0.2, 0) is 23.8 Å². The third kappa shape index (κ3) is 10.5. The Morgan fingerprint density at radius 3 is 1.89 bits per heavy atom. The Labute approximate surface area is 114 Å². The Morgan fingerprint density at radius 2 is 1.47 bits per heavy atom. The Bertz CT molecular complexity index is 314. The Kier molecular flexibility index (Phi) is 6.45. The van der Waals surface area contributed by atoms with Gasteiger partial charge in [-0.25, -0.2) is 4.79 Å². The maximum absolute atomic E-state index is 11.5. The maximum Gasteiger partial charge on any atom is 0.332 e. The summed E-state index contributed by atoms with van der Waals surface area (Å²) in [7, 11) is 0. The van der Waals surface area contributed by atoms with Gasteiger partial charge in [-0.2, -0.15) is 0 Å². The molecule has 6 heteroatoms. The fourth-order valence-corrected chi connectivity index (χ4v) is 1.09. The van der Waals surface area contributed by atoms with Crippen molar-refractivity contribution in [3.8, 4) is 0 Å². The molecule has 2 N–H and O–H groups in total.